The molecule has 0 radical (unpaired) electrons. The summed E-state index contributed by atoms with van der Waals surface area (Å²) in [6, 6.07) is 0. The second-order valence-electron chi connectivity index (χ2n) is 7.21. The third-order valence-electron chi connectivity index (χ3n) is 5.93. The van der Waals surface area contributed by atoms with Gasteiger partial charge in [-0.05, 0) is 37.5 Å². The third-order valence-corrected chi connectivity index (χ3v) is 6.99. The minimum absolute atomic E-state index is 0.0486. The number of nitrogens with zero attached hydrogens (tertiary/aromatic N) is 1. The molecule has 2 aliphatic carbocycles. The molecule has 3 fully saturated rings. The molecule has 2 N–H and O–H groups in total. The fourth-order valence-electron chi connectivity index (χ4n) is 4.54. The lowest BCUT2D eigenvalue weighted by molar-refractivity contribution is -0.125. The SMILES string of the molecule is NC1SCCN1CC(=O)C1CCC(C2CCCCC2)CC1. The summed E-state index contributed by atoms with van der Waals surface area (Å²) in [7, 11) is 0. The van der Waals surface area contributed by atoms with Crippen LogP contribution in [0, 0.1) is 17.8 Å². The maximum atomic E-state index is 12.5. The van der Waals surface area contributed by atoms with Crippen LogP contribution in [0.3, 0.4) is 0 Å². The van der Waals surface area contributed by atoms with Gasteiger partial charge in [-0.2, -0.15) is 0 Å². The van der Waals surface area contributed by atoms with E-state index in [9.17, 15) is 4.79 Å². The van der Waals surface area contributed by atoms with Crippen LogP contribution in [0.5, 0.6) is 0 Å². The fourth-order valence-corrected chi connectivity index (χ4v) is 5.51. The van der Waals surface area contributed by atoms with Gasteiger partial charge in [0.15, 0.2) is 0 Å². The highest BCUT2D eigenvalue weighted by Crippen LogP contribution is 2.40. The Morgan fingerprint density at radius 2 is 1.67 bits per heavy atom. The number of hydrogen-bond donors (Lipinski definition) is 1. The van der Waals surface area contributed by atoms with E-state index in [0.717, 1.165) is 37.0 Å². The molecule has 21 heavy (non-hydrogen) atoms. The summed E-state index contributed by atoms with van der Waals surface area (Å²) < 4.78 is 0. The molecule has 1 saturated heterocycles. The molecule has 2 saturated carbocycles. The zero-order valence-corrected chi connectivity index (χ0v) is 14.0. The first-order valence-corrected chi connectivity index (χ1v) is 9.93. The van der Waals surface area contributed by atoms with Gasteiger partial charge in [-0.25, -0.2) is 0 Å². The standard InChI is InChI=1S/C17H30N2OS/c18-17-19(10-11-21-17)12-16(20)15-8-6-14(7-9-15)13-4-2-1-3-5-13/h13-15,17H,1-12,18H2. The summed E-state index contributed by atoms with van der Waals surface area (Å²) in [6.07, 6.45) is 12.1. The van der Waals surface area contributed by atoms with Crippen molar-refractivity contribution in [2.75, 3.05) is 18.8 Å². The lowest BCUT2D eigenvalue weighted by Crippen LogP contribution is -2.41. The van der Waals surface area contributed by atoms with E-state index < -0.39 is 0 Å². The monoisotopic (exact) mass is 310 g/mol. The van der Waals surface area contributed by atoms with E-state index in [2.05, 4.69) is 4.90 Å². The van der Waals surface area contributed by atoms with E-state index in [0.29, 0.717) is 18.2 Å². The zero-order chi connectivity index (χ0) is 14.7. The van der Waals surface area contributed by atoms with Crippen LogP contribution in [0.15, 0.2) is 0 Å². The predicted octanol–water partition coefficient (Wildman–Crippen LogP) is 3.23. The van der Waals surface area contributed by atoms with Crippen molar-refractivity contribution in [3.8, 4) is 0 Å². The lowest BCUT2D eigenvalue weighted by atomic mass is 9.70. The Balaban J connectivity index is 1.43. The molecule has 0 aromatic heterocycles. The molecule has 0 aromatic carbocycles. The lowest BCUT2D eigenvalue weighted by Gasteiger charge is -2.35. The average molecular weight is 311 g/mol. The van der Waals surface area contributed by atoms with Gasteiger partial charge in [0.05, 0.1) is 6.54 Å². The second-order valence-corrected chi connectivity index (χ2v) is 8.43. The molecule has 0 spiro atoms. The Morgan fingerprint density at radius 1 is 1.00 bits per heavy atom. The van der Waals surface area contributed by atoms with Gasteiger partial charge in [-0.3, -0.25) is 9.69 Å². The number of carbonyl (C=O) groups excluding carboxylic acids is 1. The van der Waals surface area contributed by atoms with Gasteiger partial charge >= 0.3 is 0 Å². The molecule has 4 heteroatoms. The number of rotatable bonds is 4. The minimum Gasteiger partial charge on any atom is -0.307 e. The van der Waals surface area contributed by atoms with Gasteiger partial charge < -0.3 is 5.73 Å². The molecule has 1 atom stereocenters. The van der Waals surface area contributed by atoms with Gasteiger partial charge in [0.25, 0.3) is 0 Å². The van der Waals surface area contributed by atoms with E-state index in [-0.39, 0.29) is 5.50 Å². The minimum atomic E-state index is 0.0486. The van der Waals surface area contributed by atoms with E-state index in [1.165, 1.54) is 44.9 Å². The topological polar surface area (TPSA) is 46.3 Å². The highest BCUT2D eigenvalue weighted by molar-refractivity contribution is 8.00. The number of ketones is 1. The van der Waals surface area contributed by atoms with E-state index in [4.69, 9.17) is 5.73 Å². The Hall–Kier alpha value is -0.0600. The normalized spacial score (nSPS) is 36.0. The number of Topliss-reactive ketones (excluding diaryl/α,β-unsaturated/α-hetero) is 1. The smallest absolute Gasteiger partial charge is 0.149 e. The molecule has 3 aliphatic rings. The van der Waals surface area contributed by atoms with Crippen molar-refractivity contribution in [3.63, 3.8) is 0 Å². The van der Waals surface area contributed by atoms with Crippen molar-refractivity contribution in [1.82, 2.24) is 4.90 Å². The van der Waals surface area contributed by atoms with Crippen LogP contribution in [0.4, 0.5) is 0 Å². The molecule has 3 rings (SSSR count). The van der Waals surface area contributed by atoms with Crippen LogP contribution in [-0.4, -0.2) is 35.0 Å². The second kappa shape index (κ2) is 7.47. The highest BCUT2D eigenvalue weighted by atomic mass is 32.2. The largest absolute Gasteiger partial charge is 0.307 e. The maximum Gasteiger partial charge on any atom is 0.149 e. The molecule has 0 aromatic rings. The molecule has 1 aliphatic heterocycles. The summed E-state index contributed by atoms with van der Waals surface area (Å²) in [6.45, 7) is 1.57. The van der Waals surface area contributed by atoms with Gasteiger partial charge in [-0.15, -0.1) is 11.8 Å². The van der Waals surface area contributed by atoms with Crippen LogP contribution < -0.4 is 5.73 Å². The molecule has 1 heterocycles. The molecule has 120 valence electrons. The number of carbonyl (C=O) groups is 1. The van der Waals surface area contributed by atoms with Crippen molar-refractivity contribution in [1.29, 1.82) is 0 Å². The summed E-state index contributed by atoms with van der Waals surface area (Å²) >= 11 is 1.76. The van der Waals surface area contributed by atoms with E-state index in [1.807, 2.05) is 0 Å². The molecule has 1 unspecified atom stereocenters. The third kappa shape index (κ3) is 4.02. The van der Waals surface area contributed by atoms with Crippen LogP contribution in [0.2, 0.25) is 0 Å². The van der Waals surface area contributed by atoms with Crippen LogP contribution >= 0.6 is 11.8 Å². The number of thioether (sulfide) groups is 1. The summed E-state index contributed by atoms with van der Waals surface area (Å²) in [5.74, 6) is 3.73. The highest BCUT2D eigenvalue weighted by Gasteiger charge is 2.32. The van der Waals surface area contributed by atoms with Crippen molar-refractivity contribution in [2.45, 2.75) is 63.3 Å². The predicted molar refractivity (Wildman–Crippen MR) is 89.0 cm³/mol. The summed E-state index contributed by atoms with van der Waals surface area (Å²) in [5, 5.41) is 0. The quantitative estimate of drug-likeness (QED) is 0.866. The van der Waals surface area contributed by atoms with Gasteiger partial charge in [-0.1, -0.05) is 32.1 Å². The first kappa shape index (κ1) is 15.8. The molecule has 3 nitrogen and oxygen atoms in total. The van der Waals surface area contributed by atoms with Gasteiger partial charge in [0.2, 0.25) is 0 Å². The first-order valence-electron chi connectivity index (χ1n) is 8.88. The van der Waals surface area contributed by atoms with Gasteiger partial charge in [0.1, 0.15) is 11.3 Å². The summed E-state index contributed by atoms with van der Waals surface area (Å²) in [5.41, 5.74) is 6.06. The van der Waals surface area contributed by atoms with Crippen molar-refractivity contribution >= 4 is 17.5 Å². The summed E-state index contributed by atoms with van der Waals surface area (Å²) in [4.78, 5) is 14.6. The molecule has 0 bridgehead atoms. The number of nitrogens with two attached hydrogens (primary N) is 1. The van der Waals surface area contributed by atoms with E-state index in [1.54, 1.807) is 11.8 Å². The molecular weight excluding hydrogens is 280 g/mol. The fraction of sp³-hybridized carbons (Fsp3) is 0.941. The Morgan fingerprint density at radius 3 is 2.29 bits per heavy atom. The van der Waals surface area contributed by atoms with Gasteiger partial charge in [0, 0.05) is 18.2 Å². The maximum absolute atomic E-state index is 12.5. The van der Waals surface area contributed by atoms with Crippen LogP contribution in [0.25, 0.3) is 0 Å². The van der Waals surface area contributed by atoms with Crippen molar-refractivity contribution in [2.24, 2.45) is 23.5 Å². The first-order chi connectivity index (χ1) is 10.2. The average Bonchev–Trinajstić information content (AvgIpc) is 2.93. The molecule has 0 amide bonds. The Bertz CT molecular complexity index is 349. The van der Waals surface area contributed by atoms with Crippen molar-refractivity contribution in [3.05, 3.63) is 0 Å². The van der Waals surface area contributed by atoms with E-state index >= 15 is 0 Å². The van der Waals surface area contributed by atoms with Crippen LogP contribution in [0.1, 0.15) is 57.8 Å². The Kier molecular flexibility index (Phi) is 5.63. The zero-order valence-electron chi connectivity index (χ0n) is 13.1. The van der Waals surface area contributed by atoms with Crippen LogP contribution in [-0.2, 0) is 4.79 Å². The Labute approximate surface area is 133 Å². The molecular formula is C17H30N2OS. The van der Waals surface area contributed by atoms with Crippen molar-refractivity contribution < 1.29 is 4.79 Å². The number of hydrogen-bond acceptors (Lipinski definition) is 4.